The predicted octanol–water partition coefficient (Wildman–Crippen LogP) is 5.07. The van der Waals surface area contributed by atoms with Crippen molar-refractivity contribution in [2.75, 3.05) is 51.3 Å². The van der Waals surface area contributed by atoms with Crippen LogP contribution in [0.3, 0.4) is 0 Å². The van der Waals surface area contributed by atoms with Crippen molar-refractivity contribution < 1.29 is 27.4 Å². The summed E-state index contributed by atoms with van der Waals surface area (Å²) in [5.41, 5.74) is 2.38. The summed E-state index contributed by atoms with van der Waals surface area (Å²) in [6, 6.07) is 5.87. The molecule has 212 valence electrons. The van der Waals surface area contributed by atoms with E-state index in [0.717, 1.165) is 76.8 Å². The monoisotopic (exact) mass is 555 g/mol. The molecule has 11 heteroatoms. The second-order valence-electron chi connectivity index (χ2n) is 11.2. The van der Waals surface area contributed by atoms with Crippen LogP contribution in [0.1, 0.15) is 58.6 Å². The maximum absolute atomic E-state index is 13.6. The molecule has 1 aliphatic carbocycles. The molecule has 3 aromatic rings. The van der Waals surface area contributed by atoms with Gasteiger partial charge in [-0.3, -0.25) is 9.69 Å². The Balaban J connectivity index is 1.12. The standard InChI is InChI=1S/C29H32F3N5O3/c30-29(31,32)22-16-33-27-25(22)21(17-1-2-17)15-24(35-27)34-23-4-3-20(19-7-12-40-26(19)23)28(38)37-8-5-18(6-9-37)36-10-13-39-14-11-36/h3-4,15-18H,1-2,5-14H2,(H2,33,34,35). The summed E-state index contributed by atoms with van der Waals surface area (Å²) in [6.07, 6.45) is 0.805. The van der Waals surface area contributed by atoms with Gasteiger partial charge in [-0.1, -0.05) is 0 Å². The number of alkyl halides is 3. The molecule has 2 saturated heterocycles. The van der Waals surface area contributed by atoms with Gasteiger partial charge in [-0.15, -0.1) is 0 Å². The number of aromatic nitrogens is 2. The van der Waals surface area contributed by atoms with E-state index in [4.69, 9.17) is 9.47 Å². The SMILES string of the molecule is O=C(c1ccc(Nc2cc(C3CC3)c3c(C(F)(F)F)c[nH]c3n2)c2c1CCO2)N1CCC(N2CCOCC2)CC1. The third-order valence-corrected chi connectivity index (χ3v) is 8.66. The molecule has 2 aromatic heterocycles. The van der Waals surface area contributed by atoms with Crippen molar-refractivity contribution in [3.8, 4) is 5.75 Å². The number of nitrogens with one attached hydrogen (secondary N) is 2. The molecule has 2 N–H and O–H groups in total. The second-order valence-corrected chi connectivity index (χ2v) is 11.2. The van der Waals surface area contributed by atoms with Gasteiger partial charge in [0.2, 0.25) is 0 Å². The number of piperidine rings is 1. The van der Waals surface area contributed by atoms with Gasteiger partial charge < -0.3 is 24.7 Å². The first-order chi connectivity index (χ1) is 19.4. The van der Waals surface area contributed by atoms with Crippen molar-refractivity contribution in [1.82, 2.24) is 19.8 Å². The fraction of sp³-hybridized carbons (Fsp3) is 0.517. The average Bonchev–Trinajstić information content (AvgIpc) is 3.51. The molecular weight excluding hydrogens is 523 g/mol. The van der Waals surface area contributed by atoms with Crippen LogP contribution in [0.2, 0.25) is 0 Å². The maximum atomic E-state index is 13.6. The fourth-order valence-electron chi connectivity index (χ4n) is 6.45. The summed E-state index contributed by atoms with van der Waals surface area (Å²) in [4.78, 5) is 25.2. The molecule has 0 atom stereocenters. The van der Waals surface area contributed by atoms with E-state index < -0.39 is 11.7 Å². The minimum absolute atomic E-state index is 0.0235. The molecule has 3 fully saturated rings. The maximum Gasteiger partial charge on any atom is 0.418 e. The molecule has 5 heterocycles. The number of halogens is 3. The van der Waals surface area contributed by atoms with E-state index in [9.17, 15) is 18.0 Å². The number of pyridine rings is 1. The minimum atomic E-state index is -4.45. The predicted molar refractivity (Wildman–Crippen MR) is 143 cm³/mol. The van der Waals surface area contributed by atoms with Crippen LogP contribution in [0.25, 0.3) is 11.0 Å². The van der Waals surface area contributed by atoms with Crippen LogP contribution in [-0.2, 0) is 17.3 Å². The third kappa shape index (κ3) is 4.68. The lowest BCUT2D eigenvalue weighted by atomic mass is 9.99. The zero-order valence-corrected chi connectivity index (χ0v) is 22.1. The number of rotatable bonds is 5. The van der Waals surface area contributed by atoms with Crippen LogP contribution >= 0.6 is 0 Å². The molecule has 8 nitrogen and oxygen atoms in total. The van der Waals surface area contributed by atoms with E-state index in [2.05, 4.69) is 20.2 Å². The zero-order valence-electron chi connectivity index (χ0n) is 22.1. The lowest BCUT2D eigenvalue weighted by Gasteiger charge is -2.40. The van der Waals surface area contributed by atoms with Crippen molar-refractivity contribution in [2.24, 2.45) is 0 Å². The molecule has 1 amide bonds. The van der Waals surface area contributed by atoms with E-state index in [1.807, 2.05) is 17.0 Å². The van der Waals surface area contributed by atoms with Gasteiger partial charge >= 0.3 is 6.18 Å². The Hall–Kier alpha value is -3.31. The molecule has 1 saturated carbocycles. The Morgan fingerprint density at radius 2 is 1.82 bits per heavy atom. The van der Waals surface area contributed by atoms with Crippen molar-refractivity contribution >= 4 is 28.4 Å². The number of fused-ring (bicyclic) bond motifs is 2. The summed E-state index contributed by atoms with van der Waals surface area (Å²) in [6.45, 7) is 5.37. The highest BCUT2D eigenvalue weighted by atomic mass is 19.4. The second kappa shape index (κ2) is 9.95. The van der Waals surface area contributed by atoms with Gasteiger partial charge in [0.25, 0.3) is 5.91 Å². The number of anilines is 2. The number of hydrogen-bond donors (Lipinski definition) is 2. The number of H-pyrrole nitrogens is 1. The van der Waals surface area contributed by atoms with Gasteiger partial charge in [0.1, 0.15) is 17.2 Å². The van der Waals surface area contributed by atoms with E-state index in [1.165, 1.54) is 0 Å². The number of carbonyl (C=O) groups is 1. The molecule has 40 heavy (non-hydrogen) atoms. The molecule has 4 aliphatic rings. The number of amides is 1. The number of benzene rings is 1. The zero-order chi connectivity index (χ0) is 27.4. The molecule has 0 spiro atoms. The number of carbonyl (C=O) groups excluding carboxylic acids is 1. The van der Waals surface area contributed by atoms with Crippen molar-refractivity contribution in [2.45, 2.75) is 50.2 Å². The van der Waals surface area contributed by atoms with Gasteiger partial charge in [-0.2, -0.15) is 13.2 Å². The molecule has 0 bridgehead atoms. The van der Waals surface area contributed by atoms with Crippen LogP contribution in [0.4, 0.5) is 24.7 Å². The van der Waals surface area contributed by atoms with Crippen molar-refractivity contribution in [1.29, 1.82) is 0 Å². The molecule has 3 aliphatic heterocycles. The molecule has 1 aromatic carbocycles. The Morgan fingerprint density at radius 1 is 1.05 bits per heavy atom. The van der Waals surface area contributed by atoms with Gasteiger partial charge in [0.05, 0.1) is 31.1 Å². The van der Waals surface area contributed by atoms with Gasteiger partial charge in [-0.25, -0.2) is 4.98 Å². The Bertz CT molecular complexity index is 1440. The number of likely N-dealkylation sites (tertiary alicyclic amines) is 1. The minimum Gasteiger partial charge on any atom is -0.491 e. The highest BCUT2D eigenvalue weighted by Gasteiger charge is 2.38. The number of nitrogens with zero attached hydrogens (tertiary/aromatic N) is 3. The first kappa shape index (κ1) is 25.6. The Morgan fingerprint density at radius 3 is 2.55 bits per heavy atom. The molecular formula is C29H32F3N5O3. The molecule has 0 radical (unpaired) electrons. The van der Waals surface area contributed by atoms with Gasteiger partial charge in [0.15, 0.2) is 0 Å². The normalized spacial score (nSPS) is 20.5. The van der Waals surface area contributed by atoms with Crippen LogP contribution in [0.5, 0.6) is 5.75 Å². The smallest absolute Gasteiger partial charge is 0.418 e. The van der Waals surface area contributed by atoms with Gasteiger partial charge in [0, 0.05) is 61.4 Å². The van der Waals surface area contributed by atoms with Crippen molar-refractivity contribution in [3.05, 3.63) is 46.6 Å². The molecule has 0 unspecified atom stereocenters. The number of aromatic amines is 1. The largest absolute Gasteiger partial charge is 0.491 e. The highest BCUT2D eigenvalue weighted by molar-refractivity contribution is 5.98. The summed E-state index contributed by atoms with van der Waals surface area (Å²) in [5.74, 6) is 1.19. The number of hydrogen-bond acceptors (Lipinski definition) is 6. The highest BCUT2D eigenvalue weighted by Crippen LogP contribution is 2.47. The first-order valence-corrected chi connectivity index (χ1v) is 14.1. The van der Waals surface area contributed by atoms with E-state index in [-0.39, 0.29) is 22.9 Å². The summed E-state index contributed by atoms with van der Waals surface area (Å²) in [5, 5.41) is 3.43. The van der Waals surface area contributed by atoms with Crippen LogP contribution in [0.15, 0.2) is 24.4 Å². The topological polar surface area (TPSA) is 82.7 Å². The van der Waals surface area contributed by atoms with Crippen LogP contribution in [0, 0.1) is 0 Å². The van der Waals surface area contributed by atoms with E-state index in [1.54, 1.807) is 6.07 Å². The van der Waals surface area contributed by atoms with E-state index in [0.29, 0.717) is 47.5 Å². The number of ether oxygens (including phenoxy) is 2. The average molecular weight is 556 g/mol. The third-order valence-electron chi connectivity index (χ3n) is 8.66. The van der Waals surface area contributed by atoms with Crippen LogP contribution < -0.4 is 10.1 Å². The van der Waals surface area contributed by atoms with Crippen LogP contribution in [-0.4, -0.2) is 77.7 Å². The summed E-state index contributed by atoms with van der Waals surface area (Å²) >= 11 is 0. The first-order valence-electron chi connectivity index (χ1n) is 14.1. The lowest BCUT2D eigenvalue weighted by Crippen LogP contribution is -2.50. The van der Waals surface area contributed by atoms with Crippen molar-refractivity contribution in [3.63, 3.8) is 0 Å². The Labute approximate surface area is 229 Å². The number of morpholine rings is 1. The quantitative estimate of drug-likeness (QED) is 0.457. The molecule has 7 rings (SSSR count). The summed E-state index contributed by atoms with van der Waals surface area (Å²) < 4.78 is 52.4. The van der Waals surface area contributed by atoms with E-state index >= 15 is 0 Å². The lowest BCUT2D eigenvalue weighted by molar-refractivity contribution is -0.136. The van der Waals surface area contributed by atoms with Gasteiger partial charge in [-0.05, 0) is 55.4 Å². The Kier molecular flexibility index (Phi) is 6.38. The fourth-order valence-corrected chi connectivity index (χ4v) is 6.45. The summed E-state index contributed by atoms with van der Waals surface area (Å²) in [7, 11) is 0.